The molecule has 0 bridgehead atoms. The van der Waals surface area contributed by atoms with Crippen LogP contribution in [0.4, 0.5) is 9.18 Å². The van der Waals surface area contributed by atoms with Crippen molar-refractivity contribution in [2.45, 2.75) is 44.7 Å². The summed E-state index contributed by atoms with van der Waals surface area (Å²) in [6, 6.07) is 6.78. The lowest BCUT2D eigenvalue weighted by atomic mass is 10.0. The fourth-order valence-corrected chi connectivity index (χ4v) is 3.98. The molecule has 2 amide bonds. The van der Waals surface area contributed by atoms with Gasteiger partial charge in [0.1, 0.15) is 5.82 Å². The summed E-state index contributed by atoms with van der Waals surface area (Å²) in [7, 11) is 0. The number of amides is 2. The molecule has 1 aliphatic heterocycles. The first-order chi connectivity index (χ1) is 11.1. The van der Waals surface area contributed by atoms with Crippen molar-refractivity contribution in [3.8, 4) is 0 Å². The van der Waals surface area contributed by atoms with Crippen molar-refractivity contribution in [1.29, 1.82) is 0 Å². The van der Waals surface area contributed by atoms with Gasteiger partial charge in [0.05, 0.1) is 6.04 Å². The van der Waals surface area contributed by atoms with Gasteiger partial charge >= 0.3 is 6.03 Å². The molecule has 4 unspecified atom stereocenters. The van der Waals surface area contributed by atoms with E-state index in [9.17, 15) is 9.18 Å². The van der Waals surface area contributed by atoms with E-state index in [2.05, 4.69) is 12.2 Å². The minimum Gasteiger partial charge on any atom is -0.335 e. The predicted octanol–water partition coefficient (Wildman–Crippen LogP) is 3.05. The number of hydrogen-bond donors (Lipinski definition) is 2. The van der Waals surface area contributed by atoms with Gasteiger partial charge in [-0.3, -0.25) is 0 Å². The Hall–Kier alpha value is -1.62. The van der Waals surface area contributed by atoms with E-state index >= 15 is 0 Å². The van der Waals surface area contributed by atoms with Crippen LogP contribution in [-0.2, 0) is 0 Å². The van der Waals surface area contributed by atoms with Crippen LogP contribution in [0, 0.1) is 17.7 Å². The van der Waals surface area contributed by atoms with Gasteiger partial charge in [-0.05, 0) is 61.8 Å². The molecule has 0 spiro atoms. The number of halogens is 1. The second-order valence-electron chi connectivity index (χ2n) is 7.13. The van der Waals surface area contributed by atoms with E-state index in [1.165, 1.54) is 6.07 Å². The first-order valence-corrected chi connectivity index (χ1v) is 8.59. The van der Waals surface area contributed by atoms with Crippen molar-refractivity contribution in [1.82, 2.24) is 10.2 Å². The molecule has 3 rings (SSSR count). The molecule has 126 valence electrons. The molecule has 23 heavy (non-hydrogen) atoms. The smallest absolute Gasteiger partial charge is 0.318 e. The number of benzene rings is 1. The number of carbonyl (C=O) groups excluding carboxylic acids is 1. The van der Waals surface area contributed by atoms with Gasteiger partial charge in [0.25, 0.3) is 0 Å². The Morgan fingerprint density at radius 2 is 2.22 bits per heavy atom. The Labute approximate surface area is 137 Å². The highest BCUT2D eigenvalue weighted by Gasteiger charge is 2.36. The molecule has 0 aromatic heterocycles. The second-order valence-corrected chi connectivity index (χ2v) is 7.13. The van der Waals surface area contributed by atoms with Crippen LogP contribution in [0.1, 0.15) is 44.2 Å². The number of nitrogens with one attached hydrogen (secondary N) is 1. The van der Waals surface area contributed by atoms with E-state index in [4.69, 9.17) is 5.73 Å². The first kappa shape index (κ1) is 16.2. The lowest BCUT2D eigenvalue weighted by Gasteiger charge is -2.27. The molecule has 5 heteroatoms. The lowest BCUT2D eigenvalue weighted by Crippen LogP contribution is -2.44. The lowest BCUT2D eigenvalue weighted by molar-refractivity contribution is 0.188. The van der Waals surface area contributed by atoms with E-state index in [0.717, 1.165) is 37.8 Å². The molecule has 0 radical (unpaired) electrons. The van der Waals surface area contributed by atoms with Crippen molar-refractivity contribution in [2.24, 2.45) is 17.6 Å². The largest absolute Gasteiger partial charge is 0.335 e. The maximum absolute atomic E-state index is 13.5. The standard InChI is InChI=1S/C18H26FN3O/c1-12-7-17(14-3-2-4-15(19)9-14)22(11-12)18(23)21-16-6-5-13(8-16)10-20/h2-4,9,12-13,16-17H,5-8,10-11,20H2,1H3,(H,21,23). The number of nitrogens with zero attached hydrogens (tertiary/aromatic N) is 1. The summed E-state index contributed by atoms with van der Waals surface area (Å²) in [5.74, 6) is 0.704. The average Bonchev–Trinajstić information content (AvgIpc) is 3.13. The van der Waals surface area contributed by atoms with Gasteiger partial charge < -0.3 is 16.0 Å². The Bertz CT molecular complexity index is 565. The molecule has 3 N–H and O–H groups in total. The molecule has 1 aromatic carbocycles. The summed E-state index contributed by atoms with van der Waals surface area (Å²) in [4.78, 5) is 14.6. The molecule has 1 heterocycles. The van der Waals surface area contributed by atoms with E-state index in [1.54, 1.807) is 12.1 Å². The second kappa shape index (κ2) is 6.87. The Morgan fingerprint density at radius 1 is 1.39 bits per heavy atom. The molecule has 4 nitrogen and oxygen atoms in total. The maximum atomic E-state index is 13.5. The molecule has 1 aromatic rings. The SMILES string of the molecule is CC1CC(c2cccc(F)c2)N(C(=O)NC2CCC(CN)C2)C1. The quantitative estimate of drug-likeness (QED) is 0.899. The fraction of sp³-hybridized carbons (Fsp3) is 0.611. The summed E-state index contributed by atoms with van der Waals surface area (Å²) < 4.78 is 13.5. The number of carbonyl (C=O) groups is 1. The van der Waals surface area contributed by atoms with Crippen LogP contribution >= 0.6 is 0 Å². The summed E-state index contributed by atoms with van der Waals surface area (Å²) in [5, 5.41) is 3.16. The minimum atomic E-state index is -0.246. The number of urea groups is 1. The Balaban J connectivity index is 1.68. The van der Waals surface area contributed by atoms with Gasteiger partial charge in [0.15, 0.2) is 0 Å². The summed E-state index contributed by atoms with van der Waals surface area (Å²) in [6.07, 6.45) is 3.94. The molecule has 1 saturated carbocycles. The summed E-state index contributed by atoms with van der Waals surface area (Å²) in [5.41, 5.74) is 6.61. The number of hydrogen-bond acceptors (Lipinski definition) is 2. The zero-order valence-electron chi connectivity index (χ0n) is 13.7. The third-order valence-electron chi connectivity index (χ3n) is 5.21. The third-order valence-corrected chi connectivity index (χ3v) is 5.21. The van der Waals surface area contributed by atoms with Crippen LogP contribution in [0.15, 0.2) is 24.3 Å². The molecule has 4 atom stereocenters. The zero-order valence-corrected chi connectivity index (χ0v) is 13.7. The molecular formula is C18H26FN3O. The highest BCUT2D eigenvalue weighted by atomic mass is 19.1. The molecule has 2 fully saturated rings. The highest BCUT2D eigenvalue weighted by Crippen LogP contribution is 2.36. The molecular weight excluding hydrogens is 293 g/mol. The summed E-state index contributed by atoms with van der Waals surface area (Å²) >= 11 is 0. The molecule has 2 aliphatic rings. The molecule has 1 saturated heterocycles. The number of nitrogens with two attached hydrogens (primary N) is 1. The van der Waals surface area contributed by atoms with Crippen LogP contribution in [0.2, 0.25) is 0 Å². The maximum Gasteiger partial charge on any atom is 0.318 e. The van der Waals surface area contributed by atoms with Crippen LogP contribution in [-0.4, -0.2) is 30.1 Å². The van der Waals surface area contributed by atoms with Gasteiger partial charge in [-0.1, -0.05) is 19.1 Å². The van der Waals surface area contributed by atoms with E-state index < -0.39 is 0 Å². The van der Waals surface area contributed by atoms with Gasteiger partial charge in [-0.15, -0.1) is 0 Å². The van der Waals surface area contributed by atoms with Crippen LogP contribution < -0.4 is 11.1 Å². The number of rotatable bonds is 3. The van der Waals surface area contributed by atoms with E-state index in [-0.39, 0.29) is 23.9 Å². The fourth-order valence-electron chi connectivity index (χ4n) is 3.98. The van der Waals surface area contributed by atoms with Gasteiger partial charge in [-0.25, -0.2) is 9.18 Å². The van der Waals surface area contributed by atoms with Crippen molar-refractivity contribution in [2.75, 3.05) is 13.1 Å². The monoisotopic (exact) mass is 319 g/mol. The normalized spacial score (nSPS) is 30.7. The topological polar surface area (TPSA) is 58.4 Å². The minimum absolute atomic E-state index is 0.0220. The predicted molar refractivity (Wildman–Crippen MR) is 88.3 cm³/mol. The van der Waals surface area contributed by atoms with E-state index in [1.807, 2.05) is 11.0 Å². The van der Waals surface area contributed by atoms with Crippen molar-refractivity contribution < 1.29 is 9.18 Å². The van der Waals surface area contributed by atoms with Gasteiger partial charge in [0.2, 0.25) is 0 Å². The zero-order chi connectivity index (χ0) is 16.4. The van der Waals surface area contributed by atoms with Crippen molar-refractivity contribution in [3.05, 3.63) is 35.6 Å². The van der Waals surface area contributed by atoms with Crippen LogP contribution in [0.3, 0.4) is 0 Å². The highest BCUT2D eigenvalue weighted by molar-refractivity contribution is 5.75. The Morgan fingerprint density at radius 3 is 2.91 bits per heavy atom. The van der Waals surface area contributed by atoms with Gasteiger partial charge in [0, 0.05) is 12.6 Å². The van der Waals surface area contributed by atoms with E-state index in [0.29, 0.717) is 18.4 Å². The Kier molecular flexibility index (Phi) is 4.85. The van der Waals surface area contributed by atoms with Crippen molar-refractivity contribution >= 4 is 6.03 Å². The number of likely N-dealkylation sites (tertiary alicyclic amines) is 1. The third kappa shape index (κ3) is 3.66. The van der Waals surface area contributed by atoms with Crippen molar-refractivity contribution in [3.63, 3.8) is 0 Å². The average molecular weight is 319 g/mol. The van der Waals surface area contributed by atoms with Crippen LogP contribution in [0.5, 0.6) is 0 Å². The van der Waals surface area contributed by atoms with Crippen LogP contribution in [0.25, 0.3) is 0 Å². The first-order valence-electron chi connectivity index (χ1n) is 8.59. The van der Waals surface area contributed by atoms with Gasteiger partial charge in [-0.2, -0.15) is 0 Å². The molecule has 1 aliphatic carbocycles. The summed E-state index contributed by atoms with van der Waals surface area (Å²) in [6.45, 7) is 3.55.